The van der Waals surface area contributed by atoms with E-state index in [-0.39, 0.29) is 24.5 Å². The molecular formula is C17H21Cl2NO2. The van der Waals surface area contributed by atoms with E-state index in [9.17, 15) is 4.79 Å². The van der Waals surface area contributed by atoms with Crippen LogP contribution in [0.3, 0.4) is 0 Å². The van der Waals surface area contributed by atoms with Gasteiger partial charge in [0.25, 0.3) is 0 Å². The van der Waals surface area contributed by atoms with E-state index < -0.39 is 0 Å². The first-order valence-electron chi connectivity index (χ1n) is 7.54. The van der Waals surface area contributed by atoms with Crippen LogP contribution in [-0.4, -0.2) is 31.2 Å². The fraction of sp³-hybridized carbons (Fsp3) is 0.471. The van der Waals surface area contributed by atoms with Gasteiger partial charge < -0.3 is 22.0 Å². The summed E-state index contributed by atoms with van der Waals surface area (Å²) in [7, 11) is 2.25. The van der Waals surface area contributed by atoms with Gasteiger partial charge in [-0.3, -0.25) is 0 Å². The molecule has 0 amide bonds. The lowest BCUT2D eigenvalue weighted by Crippen LogP contribution is -3.15. The number of carbonyl (C=O) groups is 1. The third-order valence-electron chi connectivity index (χ3n) is 4.97. The van der Waals surface area contributed by atoms with Crippen molar-refractivity contribution in [3.05, 3.63) is 41.4 Å². The first-order valence-corrected chi connectivity index (χ1v) is 7.92. The standard InChI is InChI=1S/C17H20ClNO2.ClH/c1-11(15-5-3-4-6-16(15)18)17(20)21-14-9-12-7-8-13(10-14)19(12)2;/h3-6,12-14H,1,7-10H2,2H3;1H. The molecule has 0 aliphatic carbocycles. The molecule has 2 aliphatic rings. The van der Waals surface area contributed by atoms with Gasteiger partial charge in [-0.15, -0.1) is 0 Å². The summed E-state index contributed by atoms with van der Waals surface area (Å²) in [5.41, 5.74) is 1.00. The maximum atomic E-state index is 12.3. The predicted octanol–water partition coefficient (Wildman–Crippen LogP) is -0.891. The molecule has 2 unspecified atom stereocenters. The molecule has 5 heteroatoms. The van der Waals surface area contributed by atoms with Crippen LogP contribution in [0.25, 0.3) is 5.57 Å². The lowest BCUT2D eigenvalue weighted by Gasteiger charge is -2.33. The molecule has 2 atom stereocenters. The fourth-order valence-corrected chi connectivity index (χ4v) is 3.91. The highest BCUT2D eigenvalue weighted by molar-refractivity contribution is 6.34. The number of ether oxygens (including phenoxy) is 1. The Kier molecular flexibility index (Phi) is 5.54. The molecule has 1 aromatic rings. The van der Waals surface area contributed by atoms with Gasteiger partial charge in [0.2, 0.25) is 0 Å². The molecule has 3 rings (SSSR count). The van der Waals surface area contributed by atoms with E-state index in [0.717, 1.165) is 12.8 Å². The summed E-state index contributed by atoms with van der Waals surface area (Å²) in [4.78, 5) is 13.9. The Hall–Kier alpha value is -1.03. The van der Waals surface area contributed by atoms with Crippen molar-refractivity contribution in [2.45, 2.75) is 43.9 Å². The Labute approximate surface area is 142 Å². The Morgan fingerprint density at radius 2 is 1.86 bits per heavy atom. The number of piperidine rings is 1. The Balaban J connectivity index is 0.00000176. The molecule has 22 heavy (non-hydrogen) atoms. The normalized spacial score (nSPS) is 29.5. The molecule has 2 heterocycles. The number of esters is 1. The number of nitrogens with one attached hydrogen (secondary N) is 1. The molecule has 2 fully saturated rings. The van der Waals surface area contributed by atoms with Gasteiger partial charge in [0.05, 0.1) is 24.7 Å². The van der Waals surface area contributed by atoms with Crippen molar-refractivity contribution in [2.75, 3.05) is 7.05 Å². The Bertz CT molecular complexity index is 562. The van der Waals surface area contributed by atoms with Crippen LogP contribution in [0, 0.1) is 0 Å². The molecule has 0 aromatic heterocycles. The number of quaternary nitrogens is 1. The molecule has 1 aromatic carbocycles. The quantitative estimate of drug-likeness (QED) is 0.571. The van der Waals surface area contributed by atoms with Crippen molar-refractivity contribution >= 4 is 23.1 Å². The van der Waals surface area contributed by atoms with Crippen LogP contribution in [0.5, 0.6) is 0 Å². The highest BCUT2D eigenvalue weighted by Gasteiger charge is 2.43. The molecule has 0 spiro atoms. The lowest BCUT2D eigenvalue weighted by molar-refractivity contribution is -0.923. The number of carbonyl (C=O) groups excluding carboxylic acids is 1. The maximum Gasteiger partial charge on any atom is 0.338 e. The third kappa shape index (κ3) is 3.32. The van der Waals surface area contributed by atoms with Gasteiger partial charge in [0.1, 0.15) is 6.10 Å². The second-order valence-electron chi connectivity index (χ2n) is 6.17. The smallest absolute Gasteiger partial charge is 0.338 e. The van der Waals surface area contributed by atoms with Crippen molar-refractivity contribution < 1.29 is 26.8 Å². The van der Waals surface area contributed by atoms with Gasteiger partial charge in [-0.25, -0.2) is 4.79 Å². The molecule has 1 N–H and O–H groups in total. The molecule has 0 radical (unpaired) electrons. The highest BCUT2D eigenvalue weighted by Crippen LogP contribution is 2.27. The largest absolute Gasteiger partial charge is 1.00 e. The van der Waals surface area contributed by atoms with Crippen molar-refractivity contribution in [3.8, 4) is 0 Å². The second-order valence-corrected chi connectivity index (χ2v) is 6.58. The molecule has 120 valence electrons. The van der Waals surface area contributed by atoms with Gasteiger partial charge in [-0.2, -0.15) is 0 Å². The number of benzene rings is 1. The topological polar surface area (TPSA) is 30.7 Å². The lowest BCUT2D eigenvalue weighted by atomic mass is 10.0. The van der Waals surface area contributed by atoms with Crippen LogP contribution >= 0.6 is 11.6 Å². The molecule has 2 aliphatic heterocycles. The highest BCUT2D eigenvalue weighted by atomic mass is 35.5. The number of hydrogen-bond acceptors (Lipinski definition) is 2. The summed E-state index contributed by atoms with van der Waals surface area (Å²) in [5.74, 6) is -0.341. The van der Waals surface area contributed by atoms with E-state index in [0.29, 0.717) is 28.2 Å². The van der Waals surface area contributed by atoms with Crippen molar-refractivity contribution in [2.24, 2.45) is 0 Å². The SMILES string of the molecule is C=C(C(=O)OC1CC2CCC(C1)[NH+]2C)c1ccccc1Cl.[Cl-]. The predicted molar refractivity (Wildman–Crippen MR) is 83.3 cm³/mol. The average Bonchev–Trinajstić information content (AvgIpc) is 2.69. The first-order chi connectivity index (χ1) is 10.1. The van der Waals surface area contributed by atoms with E-state index in [1.165, 1.54) is 12.8 Å². The Morgan fingerprint density at radius 1 is 1.27 bits per heavy atom. The molecule has 2 saturated heterocycles. The van der Waals surface area contributed by atoms with Crippen LogP contribution in [-0.2, 0) is 9.53 Å². The van der Waals surface area contributed by atoms with Crippen molar-refractivity contribution in [1.82, 2.24) is 0 Å². The maximum absolute atomic E-state index is 12.3. The summed E-state index contributed by atoms with van der Waals surface area (Å²) < 4.78 is 5.68. The van der Waals surface area contributed by atoms with E-state index in [2.05, 4.69) is 13.6 Å². The minimum Gasteiger partial charge on any atom is -1.00 e. The first kappa shape index (κ1) is 17.3. The second kappa shape index (κ2) is 7.03. The van der Waals surface area contributed by atoms with Crippen molar-refractivity contribution in [1.29, 1.82) is 0 Å². The summed E-state index contributed by atoms with van der Waals surface area (Å²) in [6, 6.07) is 8.51. The molecule has 3 nitrogen and oxygen atoms in total. The average molecular weight is 342 g/mol. The number of hydrogen-bond donors (Lipinski definition) is 1. The zero-order valence-corrected chi connectivity index (χ0v) is 14.2. The van der Waals surface area contributed by atoms with Gasteiger partial charge >= 0.3 is 5.97 Å². The zero-order chi connectivity index (χ0) is 15.0. The number of fused-ring (bicyclic) bond motifs is 2. The monoisotopic (exact) mass is 341 g/mol. The van der Waals surface area contributed by atoms with Gasteiger partial charge in [0.15, 0.2) is 0 Å². The van der Waals surface area contributed by atoms with Gasteiger partial charge in [0, 0.05) is 36.3 Å². The summed E-state index contributed by atoms with van der Waals surface area (Å²) in [6.07, 6.45) is 4.44. The van der Waals surface area contributed by atoms with E-state index >= 15 is 0 Å². The van der Waals surface area contributed by atoms with E-state index in [1.54, 1.807) is 17.0 Å². The number of rotatable bonds is 3. The molecule has 2 bridgehead atoms. The fourth-order valence-electron chi connectivity index (χ4n) is 3.66. The summed E-state index contributed by atoms with van der Waals surface area (Å²) in [5, 5.41) is 0.535. The van der Waals surface area contributed by atoms with Crippen LogP contribution in [0.2, 0.25) is 5.02 Å². The molecule has 0 saturated carbocycles. The minimum atomic E-state index is -0.341. The van der Waals surface area contributed by atoms with E-state index in [4.69, 9.17) is 16.3 Å². The van der Waals surface area contributed by atoms with Crippen LogP contribution in [0.1, 0.15) is 31.2 Å². The summed E-state index contributed by atoms with van der Waals surface area (Å²) in [6.45, 7) is 3.86. The zero-order valence-electron chi connectivity index (χ0n) is 12.6. The Morgan fingerprint density at radius 3 is 2.45 bits per heavy atom. The third-order valence-corrected chi connectivity index (χ3v) is 5.29. The van der Waals surface area contributed by atoms with Gasteiger partial charge in [-0.05, 0) is 6.07 Å². The van der Waals surface area contributed by atoms with Crippen LogP contribution < -0.4 is 17.3 Å². The number of halogens is 2. The van der Waals surface area contributed by atoms with Crippen LogP contribution in [0.15, 0.2) is 30.8 Å². The summed E-state index contributed by atoms with van der Waals surface area (Å²) >= 11 is 6.11. The minimum absolute atomic E-state index is 0. The van der Waals surface area contributed by atoms with Crippen LogP contribution in [0.4, 0.5) is 0 Å². The van der Waals surface area contributed by atoms with Crippen molar-refractivity contribution in [3.63, 3.8) is 0 Å². The van der Waals surface area contributed by atoms with E-state index in [1.807, 2.05) is 12.1 Å². The molecular weight excluding hydrogens is 321 g/mol. The van der Waals surface area contributed by atoms with Gasteiger partial charge in [-0.1, -0.05) is 36.4 Å².